The number of nitrogens with two attached hydrogens (primary N) is 1. The summed E-state index contributed by atoms with van der Waals surface area (Å²) in [5, 5.41) is 8.76. The van der Waals surface area contributed by atoms with Crippen LogP contribution in [0.4, 0.5) is 0 Å². The molecule has 0 spiro atoms. The second-order valence-corrected chi connectivity index (χ2v) is 4.08. The van der Waals surface area contributed by atoms with Gasteiger partial charge in [-0.2, -0.15) is 0 Å². The van der Waals surface area contributed by atoms with Crippen LogP contribution in [0.15, 0.2) is 0 Å². The normalized spacial score (nSPS) is 15.8. The number of carboxylic acids is 1. The predicted molar refractivity (Wildman–Crippen MR) is 49.2 cm³/mol. The van der Waals surface area contributed by atoms with Crippen molar-refractivity contribution in [2.24, 2.45) is 5.84 Å². The molecule has 0 saturated heterocycles. The summed E-state index contributed by atoms with van der Waals surface area (Å²) in [6.45, 7) is 6.07. The molecule has 1 unspecified atom stereocenters. The van der Waals surface area contributed by atoms with Crippen molar-refractivity contribution in [2.75, 3.05) is 0 Å². The van der Waals surface area contributed by atoms with Gasteiger partial charge in [-0.25, -0.2) is 15.0 Å². The van der Waals surface area contributed by atoms with E-state index in [1.807, 2.05) is 5.43 Å². The Balaban J connectivity index is 4.73. The van der Waals surface area contributed by atoms with E-state index < -0.39 is 23.1 Å². The smallest absolute Gasteiger partial charge is 0.339 e. The fraction of sp³-hybridized carbons (Fsp3) is 0.750. The van der Waals surface area contributed by atoms with Crippen LogP contribution in [0.25, 0.3) is 0 Å². The largest absolute Gasteiger partial charge is 0.479 e. The van der Waals surface area contributed by atoms with E-state index in [4.69, 9.17) is 15.7 Å². The van der Waals surface area contributed by atoms with Crippen molar-refractivity contribution in [3.05, 3.63) is 0 Å². The molecule has 0 aromatic carbocycles. The topological polar surface area (TPSA) is 102 Å². The highest BCUT2D eigenvalue weighted by Gasteiger charge is 2.43. The minimum atomic E-state index is -1.91. The van der Waals surface area contributed by atoms with E-state index in [9.17, 15) is 9.59 Å². The Morgan fingerprint density at radius 1 is 1.29 bits per heavy atom. The molecule has 1 atom stereocenters. The first-order valence-corrected chi connectivity index (χ1v) is 4.08. The van der Waals surface area contributed by atoms with Crippen LogP contribution in [0, 0.1) is 0 Å². The average Bonchev–Trinajstić information content (AvgIpc) is 1.99. The number of carboxylic acid groups (broad SMARTS) is 1. The number of hydrazine groups is 1. The molecule has 82 valence electrons. The highest BCUT2D eigenvalue weighted by Crippen LogP contribution is 2.13. The Hall–Kier alpha value is -1.14. The van der Waals surface area contributed by atoms with Crippen molar-refractivity contribution in [3.63, 3.8) is 0 Å². The first kappa shape index (κ1) is 12.9. The van der Waals surface area contributed by atoms with Gasteiger partial charge in [-0.15, -0.1) is 0 Å². The summed E-state index contributed by atoms with van der Waals surface area (Å²) in [4.78, 5) is 22.1. The van der Waals surface area contributed by atoms with Gasteiger partial charge in [0.1, 0.15) is 5.60 Å². The fourth-order valence-electron chi connectivity index (χ4n) is 0.588. The molecule has 0 aliphatic heterocycles. The molecule has 0 heterocycles. The SMILES string of the molecule is CC(C)(C)OC(=O)C(C)(NN)C(=O)O. The molecule has 6 nitrogen and oxygen atoms in total. The van der Waals surface area contributed by atoms with Crippen LogP contribution in [0.1, 0.15) is 27.7 Å². The molecule has 0 aliphatic rings. The first-order chi connectivity index (χ1) is 6.13. The quantitative estimate of drug-likeness (QED) is 0.251. The molecule has 0 aromatic rings. The number of ether oxygens (including phenoxy) is 1. The van der Waals surface area contributed by atoms with Crippen LogP contribution >= 0.6 is 0 Å². The lowest BCUT2D eigenvalue weighted by molar-refractivity contribution is -0.170. The number of carbonyl (C=O) groups is 2. The second-order valence-electron chi connectivity index (χ2n) is 4.08. The molecule has 0 aromatic heterocycles. The van der Waals surface area contributed by atoms with E-state index in [2.05, 4.69) is 0 Å². The molecule has 0 fully saturated rings. The van der Waals surface area contributed by atoms with Crippen LogP contribution in [-0.2, 0) is 14.3 Å². The molecule has 4 N–H and O–H groups in total. The lowest BCUT2D eigenvalue weighted by atomic mass is 10.0. The highest BCUT2D eigenvalue weighted by atomic mass is 16.6. The summed E-state index contributed by atoms with van der Waals surface area (Å²) in [6.07, 6.45) is 0. The zero-order valence-corrected chi connectivity index (χ0v) is 8.75. The van der Waals surface area contributed by atoms with Crippen molar-refractivity contribution >= 4 is 11.9 Å². The Labute approximate surface area is 82.4 Å². The van der Waals surface area contributed by atoms with Gasteiger partial charge >= 0.3 is 11.9 Å². The lowest BCUT2D eigenvalue weighted by Crippen LogP contribution is -2.60. The van der Waals surface area contributed by atoms with E-state index in [0.717, 1.165) is 6.92 Å². The van der Waals surface area contributed by atoms with Crippen LogP contribution in [0.3, 0.4) is 0 Å². The number of nitrogens with one attached hydrogen (secondary N) is 1. The number of rotatable bonds is 3. The van der Waals surface area contributed by atoms with Gasteiger partial charge in [0.15, 0.2) is 0 Å². The summed E-state index contributed by atoms with van der Waals surface area (Å²) in [7, 11) is 0. The Kier molecular flexibility index (Phi) is 3.61. The van der Waals surface area contributed by atoms with Gasteiger partial charge in [-0.1, -0.05) is 0 Å². The Morgan fingerprint density at radius 2 is 1.71 bits per heavy atom. The number of aliphatic carboxylic acids is 1. The fourth-order valence-corrected chi connectivity index (χ4v) is 0.588. The summed E-state index contributed by atoms with van der Waals surface area (Å²) < 4.78 is 4.89. The summed E-state index contributed by atoms with van der Waals surface area (Å²) in [6, 6.07) is 0. The maximum absolute atomic E-state index is 11.4. The first-order valence-electron chi connectivity index (χ1n) is 4.08. The second kappa shape index (κ2) is 3.93. The third kappa shape index (κ3) is 2.97. The zero-order valence-electron chi connectivity index (χ0n) is 8.75. The van der Waals surface area contributed by atoms with E-state index in [0.29, 0.717) is 0 Å². The van der Waals surface area contributed by atoms with E-state index in [1.54, 1.807) is 20.8 Å². The maximum Gasteiger partial charge on any atom is 0.339 e. The number of esters is 1. The zero-order chi connectivity index (χ0) is 11.6. The van der Waals surface area contributed by atoms with Crippen LogP contribution in [-0.4, -0.2) is 28.2 Å². The molecule has 14 heavy (non-hydrogen) atoms. The third-order valence-corrected chi connectivity index (χ3v) is 1.52. The molecule has 0 amide bonds. The third-order valence-electron chi connectivity index (χ3n) is 1.52. The molecule has 0 aliphatic carbocycles. The van der Waals surface area contributed by atoms with E-state index in [1.165, 1.54) is 0 Å². The van der Waals surface area contributed by atoms with E-state index in [-0.39, 0.29) is 0 Å². The van der Waals surface area contributed by atoms with Gasteiger partial charge in [-0.05, 0) is 27.7 Å². The minimum Gasteiger partial charge on any atom is -0.479 e. The van der Waals surface area contributed by atoms with Gasteiger partial charge in [0.2, 0.25) is 5.54 Å². The molecule has 0 bridgehead atoms. The average molecular weight is 204 g/mol. The molecule has 0 radical (unpaired) electrons. The van der Waals surface area contributed by atoms with Gasteiger partial charge < -0.3 is 9.84 Å². The van der Waals surface area contributed by atoms with Crippen molar-refractivity contribution in [3.8, 4) is 0 Å². The number of hydrogen-bond donors (Lipinski definition) is 3. The van der Waals surface area contributed by atoms with Crippen molar-refractivity contribution in [1.82, 2.24) is 5.43 Å². The van der Waals surface area contributed by atoms with Crippen LogP contribution in [0.2, 0.25) is 0 Å². The van der Waals surface area contributed by atoms with Gasteiger partial charge in [0, 0.05) is 0 Å². The Morgan fingerprint density at radius 3 is 1.93 bits per heavy atom. The molecule has 6 heteroatoms. The summed E-state index contributed by atoms with van der Waals surface area (Å²) in [5.41, 5.74) is -0.729. The van der Waals surface area contributed by atoms with Crippen LogP contribution in [0.5, 0.6) is 0 Å². The maximum atomic E-state index is 11.4. The van der Waals surface area contributed by atoms with Gasteiger partial charge in [-0.3, -0.25) is 5.84 Å². The molecule has 0 rings (SSSR count). The van der Waals surface area contributed by atoms with E-state index >= 15 is 0 Å². The predicted octanol–water partition coefficient (Wildman–Crippen LogP) is -0.365. The van der Waals surface area contributed by atoms with Gasteiger partial charge in [0.25, 0.3) is 0 Å². The monoisotopic (exact) mass is 204 g/mol. The van der Waals surface area contributed by atoms with Crippen molar-refractivity contribution in [2.45, 2.75) is 38.8 Å². The standard InChI is InChI=1S/C8H16N2O4/c1-7(2,3)14-6(13)8(4,10-9)5(11)12/h10H,9H2,1-4H3,(H,11,12). The minimum absolute atomic E-state index is 0.745. The lowest BCUT2D eigenvalue weighted by Gasteiger charge is -2.27. The molecular weight excluding hydrogens is 188 g/mol. The Bertz CT molecular complexity index is 246. The highest BCUT2D eigenvalue weighted by molar-refractivity contribution is 6.03. The molecular formula is C8H16N2O4. The van der Waals surface area contributed by atoms with Crippen LogP contribution < -0.4 is 11.3 Å². The molecule has 0 saturated carbocycles. The van der Waals surface area contributed by atoms with Crippen molar-refractivity contribution in [1.29, 1.82) is 0 Å². The number of hydrogen-bond acceptors (Lipinski definition) is 5. The van der Waals surface area contributed by atoms with Crippen molar-refractivity contribution < 1.29 is 19.4 Å². The summed E-state index contributed by atoms with van der Waals surface area (Å²) in [5.74, 6) is 2.70. The van der Waals surface area contributed by atoms with Gasteiger partial charge in [0.05, 0.1) is 0 Å². The summed E-state index contributed by atoms with van der Waals surface area (Å²) >= 11 is 0. The number of carbonyl (C=O) groups excluding carboxylic acids is 1.